The number of nitrogens with zero attached hydrogens (tertiary/aromatic N) is 1. The van der Waals surface area contributed by atoms with E-state index < -0.39 is 27.8 Å². The Morgan fingerprint density at radius 2 is 1.79 bits per heavy atom. The van der Waals surface area contributed by atoms with Gasteiger partial charge in [0.2, 0.25) is 15.9 Å². The number of carbonyl (C=O) groups is 1. The van der Waals surface area contributed by atoms with Crippen LogP contribution in [0.4, 0.5) is 4.39 Å². The summed E-state index contributed by atoms with van der Waals surface area (Å²) in [6.07, 6.45) is 0. The maximum atomic E-state index is 13.0. The van der Waals surface area contributed by atoms with Crippen molar-refractivity contribution in [3.05, 3.63) is 52.3 Å². The van der Waals surface area contributed by atoms with Crippen LogP contribution in [0.2, 0.25) is 0 Å². The molecule has 29 heavy (non-hydrogen) atoms. The third kappa shape index (κ3) is 4.88. The molecule has 1 heterocycles. The predicted octanol–water partition coefficient (Wildman–Crippen LogP) is 2.86. The second-order valence-electron chi connectivity index (χ2n) is 6.52. The second-order valence-corrected chi connectivity index (χ2v) is 9.42. The Bertz CT molecular complexity index is 1010. The number of ether oxygens (including phenoxy) is 2. The number of fused-ring (bicyclic) bond motifs is 1. The zero-order valence-electron chi connectivity index (χ0n) is 15.8. The minimum absolute atomic E-state index is 0.0863. The normalized spacial score (nSPS) is 14.5. The maximum Gasteiger partial charge on any atom is 0.243 e. The van der Waals surface area contributed by atoms with Crippen LogP contribution >= 0.6 is 15.9 Å². The van der Waals surface area contributed by atoms with Gasteiger partial charge in [0.25, 0.3) is 0 Å². The van der Waals surface area contributed by atoms with E-state index in [9.17, 15) is 17.6 Å². The number of rotatable bonds is 6. The molecular formula is C19H20BrFN2O5S. The smallest absolute Gasteiger partial charge is 0.243 e. The Morgan fingerprint density at radius 3 is 2.41 bits per heavy atom. The highest BCUT2D eigenvalue weighted by Crippen LogP contribution is 2.37. The van der Waals surface area contributed by atoms with E-state index in [1.54, 1.807) is 19.1 Å². The fourth-order valence-corrected chi connectivity index (χ4v) is 4.64. The number of hydrogen-bond acceptors (Lipinski definition) is 5. The van der Waals surface area contributed by atoms with Crippen molar-refractivity contribution < 1.29 is 27.1 Å². The molecule has 1 aliphatic heterocycles. The van der Waals surface area contributed by atoms with E-state index in [-0.39, 0.29) is 11.4 Å². The average Bonchev–Trinajstić information content (AvgIpc) is 2.67. The van der Waals surface area contributed by atoms with Gasteiger partial charge in [0, 0.05) is 11.5 Å². The molecule has 1 amide bonds. The summed E-state index contributed by atoms with van der Waals surface area (Å²) in [5.41, 5.74) is 0.770. The van der Waals surface area contributed by atoms with Gasteiger partial charge in [-0.05, 0) is 48.9 Å². The lowest BCUT2D eigenvalue weighted by Crippen LogP contribution is -2.39. The zero-order valence-corrected chi connectivity index (χ0v) is 18.2. The Morgan fingerprint density at radius 1 is 1.21 bits per heavy atom. The molecule has 10 heteroatoms. The predicted molar refractivity (Wildman–Crippen MR) is 108 cm³/mol. The third-order valence-electron chi connectivity index (χ3n) is 4.39. The van der Waals surface area contributed by atoms with E-state index in [0.717, 1.165) is 38.6 Å². The number of likely N-dealkylation sites (N-methyl/N-ethyl adjacent to an activating group) is 1. The van der Waals surface area contributed by atoms with Crippen LogP contribution in [-0.4, -0.2) is 45.4 Å². The Hall–Kier alpha value is -2.17. The van der Waals surface area contributed by atoms with E-state index in [0.29, 0.717) is 24.7 Å². The highest BCUT2D eigenvalue weighted by atomic mass is 79.9. The van der Waals surface area contributed by atoms with Gasteiger partial charge in [-0.2, -0.15) is 4.31 Å². The number of benzene rings is 2. The molecular weight excluding hydrogens is 467 g/mol. The molecule has 0 aliphatic carbocycles. The van der Waals surface area contributed by atoms with Gasteiger partial charge in [-0.15, -0.1) is 0 Å². The summed E-state index contributed by atoms with van der Waals surface area (Å²) in [7, 11) is -2.62. The molecule has 2 aromatic carbocycles. The van der Waals surface area contributed by atoms with Crippen molar-refractivity contribution in [2.24, 2.45) is 0 Å². The molecule has 3 rings (SSSR count). The molecule has 0 radical (unpaired) electrons. The maximum absolute atomic E-state index is 13.0. The molecule has 1 aliphatic rings. The number of amides is 1. The van der Waals surface area contributed by atoms with Crippen LogP contribution in [0.25, 0.3) is 0 Å². The molecule has 1 N–H and O–H groups in total. The van der Waals surface area contributed by atoms with Crippen molar-refractivity contribution in [1.82, 2.24) is 9.62 Å². The minimum atomic E-state index is -3.91. The van der Waals surface area contributed by atoms with Crippen LogP contribution in [0.15, 0.2) is 45.8 Å². The Labute approximate surface area is 177 Å². The lowest BCUT2D eigenvalue weighted by Gasteiger charge is -2.23. The van der Waals surface area contributed by atoms with Crippen LogP contribution in [-0.2, 0) is 14.8 Å². The summed E-state index contributed by atoms with van der Waals surface area (Å²) in [4.78, 5) is 12.3. The SMILES string of the molecule is CC(NC(=O)CN(C)S(=O)(=O)c1ccc(F)cc1)c1cc2c(cc1Br)OCCO2. The van der Waals surface area contributed by atoms with Gasteiger partial charge in [-0.1, -0.05) is 15.9 Å². The molecule has 1 atom stereocenters. The van der Waals surface area contributed by atoms with Crippen LogP contribution < -0.4 is 14.8 Å². The van der Waals surface area contributed by atoms with E-state index in [1.807, 2.05) is 0 Å². The molecule has 0 spiro atoms. The van der Waals surface area contributed by atoms with Crippen LogP contribution in [0.1, 0.15) is 18.5 Å². The number of sulfonamides is 1. The summed E-state index contributed by atoms with van der Waals surface area (Å²) in [6.45, 7) is 2.32. The fraction of sp³-hybridized carbons (Fsp3) is 0.316. The monoisotopic (exact) mass is 486 g/mol. The van der Waals surface area contributed by atoms with E-state index in [2.05, 4.69) is 21.2 Å². The van der Waals surface area contributed by atoms with Gasteiger partial charge in [0.15, 0.2) is 11.5 Å². The molecule has 0 aromatic heterocycles. The zero-order chi connectivity index (χ0) is 21.2. The molecule has 0 saturated carbocycles. The Kier molecular flexibility index (Phi) is 6.45. The molecule has 1 unspecified atom stereocenters. The molecule has 0 fully saturated rings. The van der Waals surface area contributed by atoms with Crippen LogP contribution in [0.3, 0.4) is 0 Å². The first kappa shape index (κ1) is 21.5. The topological polar surface area (TPSA) is 84.9 Å². The average molecular weight is 487 g/mol. The first-order valence-corrected chi connectivity index (χ1v) is 11.0. The third-order valence-corrected chi connectivity index (χ3v) is 6.90. The first-order valence-electron chi connectivity index (χ1n) is 8.79. The number of hydrogen-bond donors (Lipinski definition) is 1. The summed E-state index contributed by atoms with van der Waals surface area (Å²) >= 11 is 3.46. The summed E-state index contributed by atoms with van der Waals surface area (Å²) in [5, 5.41) is 2.78. The van der Waals surface area contributed by atoms with Crippen LogP contribution in [0, 0.1) is 5.82 Å². The number of halogens is 2. The molecule has 7 nitrogen and oxygen atoms in total. The van der Waals surface area contributed by atoms with E-state index >= 15 is 0 Å². The van der Waals surface area contributed by atoms with Crippen molar-refractivity contribution in [2.75, 3.05) is 26.8 Å². The van der Waals surface area contributed by atoms with Gasteiger partial charge >= 0.3 is 0 Å². The van der Waals surface area contributed by atoms with Gasteiger partial charge in [0.05, 0.1) is 17.5 Å². The molecule has 156 valence electrons. The molecule has 0 saturated heterocycles. The molecule has 0 bridgehead atoms. The second kappa shape index (κ2) is 8.68. The van der Waals surface area contributed by atoms with Gasteiger partial charge in [-0.3, -0.25) is 4.79 Å². The van der Waals surface area contributed by atoms with Crippen LogP contribution in [0.5, 0.6) is 11.5 Å². The standard InChI is InChI=1S/C19H20BrFN2O5S/c1-12(15-9-17-18(10-16(15)20)28-8-7-27-17)22-19(24)11-23(2)29(25,26)14-5-3-13(21)4-6-14/h3-6,9-10,12H,7-8,11H2,1-2H3,(H,22,24). The van der Waals surface area contributed by atoms with Crippen molar-refractivity contribution in [3.63, 3.8) is 0 Å². The lowest BCUT2D eigenvalue weighted by atomic mass is 10.1. The van der Waals surface area contributed by atoms with E-state index in [1.165, 1.54) is 7.05 Å². The van der Waals surface area contributed by atoms with Crippen molar-refractivity contribution in [3.8, 4) is 11.5 Å². The molecule has 2 aromatic rings. The lowest BCUT2D eigenvalue weighted by molar-refractivity contribution is -0.121. The number of nitrogens with one attached hydrogen (secondary N) is 1. The first-order chi connectivity index (χ1) is 13.7. The Balaban J connectivity index is 1.68. The minimum Gasteiger partial charge on any atom is -0.486 e. The largest absolute Gasteiger partial charge is 0.486 e. The number of carbonyl (C=O) groups excluding carboxylic acids is 1. The van der Waals surface area contributed by atoms with Gasteiger partial charge < -0.3 is 14.8 Å². The highest BCUT2D eigenvalue weighted by Gasteiger charge is 2.24. The summed E-state index contributed by atoms with van der Waals surface area (Å²) in [6, 6.07) is 7.58. The van der Waals surface area contributed by atoms with Crippen molar-refractivity contribution >= 4 is 31.9 Å². The summed E-state index contributed by atoms with van der Waals surface area (Å²) < 4.78 is 50.8. The van der Waals surface area contributed by atoms with Gasteiger partial charge in [0.1, 0.15) is 19.0 Å². The fourth-order valence-electron chi connectivity index (χ4n) is 2.85. The van der Waals surface area contributed by atoms with Crippen molar-refractivity contribution in [1.29, 1.82) is 0 Å². The van der Waals surface area contributed by atoms with E-state index in [4.69, 9.17) is 9.47 Å². The summed E-state index contributed by atoms with van der Waals surface area (Å²) in [5.74, 6) is 0.192. The quantitative estimate of drug-likeness (QED) is 0.678. The van der Waals surface area contributed by atoms with Gasteiger partial charge in [-0.25, -0.2) is 12.8 Å². The highest BCUT2D eigenvalue weighted by molar-refractivity contribution is 9.10. The van der Waals surface area contributed by atoms with Crippen molar-refractivity contribution in [2.45, 2.75) is 17.9 Å².